The van der Waals surface area contributed by atoms with Gasteiger partial charge in [0.15, 0.2) is 0 Å². The Kier molecular flexibility index (Phi) is 11.4. The second-order valence-corrected chi connectivity index (χ2v) is 11.4. The van der Waals surface area contributed by atoms with Gasteiger partial charge in [-0.3, -0.25) is 0 Å². The number of benzene rings is 4. The Morgan fingerprint density at radius 2 is 0.730 bits per heavy atom. The third-order valence-electron chi connectivity index (χ3n) is 6.61. The fourth-order valence-electron chi connectivity index (χ4n) is 4.26. The maximum atomic E-state index is 2.32. The van der Waals surface area contributed by atoms with E-state index in [-0.39, 0.29) is 16.7 Å². The Morgan fingerprint density at radius 1 is 0.459 bits per heavy atom. The molecule has 37 heavy (non-hydrogen) atoms. The Labute approximate surface area is 227 Å². The number of hydrogen-bond acceptors (Lipinski definition) is 0. The second kappa shape index (κ2) is 14.0. The molecule has 0 amide bonds. The van der Waals surface area contributed by atoms with Gasteiger partial charge in [-0.15, -0.1) is 0 Å². The summed E-state index contributed by atoms with van der Waals surface area (Å²) in [5.74, 6) is 0.254. The van der Waals surface area contributed by atoms with Crippen LogP contribution in [0.5, 0.6) is 0 Å². The van der Waals surface area contributed by atoms with Gasteiger partial charge in [0.05, 0.1) is 0 Å². The summed E-state index contributed by atoms with van der Waals surface area (Å²) in [5.41, 5.74) is 8.55. The van der Waals surface area contributed by atoms with Gasteiger partial charge in [0.25, 0.3) is 0 Å². The molecule has 4 rings (SSSR count). The highest BCUT2D eigenvalue weighted by Crippen LogP contribution is 2.35. The van der Waals surface area contributed by atoms with Crippen molar-refractivity contribution >= 4 is 0 Å². The summed E-state index contributed by atoms with van der Waals surface area (Å²) in [6.45, 7) is 19.8. The summed E-state index contributed by atoms with van der Waals surface area (Å²) in [5, 5.41) is 0. The van der Waals surface area contributed by atoms with E-state index in [4.69, 9.17) is 0 Å². The van der Waals surface area contributed by atoms with E-state index in [1.807, 2.05) is 50.2 Å². The zero-order valence-electron chi connectivity index (χ0n) is 24.7. The number of aryl methyl sites for hydroxylation is 1. The average molecular weight is 493 g/mol. The lowest BCUT2D eigenvalue weighted by Crippen LogP contribution is -2.12. The minimum Gasteiger partial charge on any atom is -0.0683 e. The molecule has 0 bridgehead atoms. The molecule has 0 radical (unpaired) electrons. The third kappa shape index (κ3) is 9.04. The Balaban J connectivity index is 0.000000519. The SMILES string of the molecule is CC.CCc1ccc(C(c2ccc(C(C)(C)C)cc2)c2ccc(C(C)(C)C)cc2)cc1.c1ccccc1. The molecule has 0 nitrogen and oxygen atoms in total. The Hall–Kier alpha value is -3.12. The summed E-state index contributed by atoms with van der Waals surface area (Å²) in [4.78, 5) is 0. The molecule has 0 heterocycles. The van der Waals surface area contributed by atoms with Crippen molar-refractivity contribution in [3.63, 3.8) is 0 Å². The molecule has 0 N–H and O–H groups in total. The number of rotatable bonds is 4. The van der Waals surface area contributed by atoms with Crippen LogP contribution in [0.15, 0.2) is 109 Å². The Bertz CT molecular complexity index is 1050. The van der Waals surface area contributed by atoms with Crippen LogP contribution in [0.4, 0.5) is 0 Å². The molecular formula is C37H48. The quantitative estimate of drug-likeness (QED) is 0.248. The van der Waals surface area contributed by atoms with Gasteiger partial charge in [-0.1, -0.05) is 172 Å². The van der Waals surface area contributed by atoms with Crippen molar-refractivity contribution < 1.29 is 0 Å². The Morgan fingerprint density at radius 3 is 0.973 bits per heavy atom. The molecule has 0 heteroatoms. The molecule has 196 valence electrons. The highest BCUT2D eigenvalue weighted by molar-refractivity contribution is 5.46. The second-order valence-electron chi connectivity index (χ2n) is 11.4. The first-order valence-corrected chi connectivity index (χ1v) is 13.9. The van der Waals surface area contributed by atoms with Crippen LogP contribution in [0.25, 0.3) is 0 Å². The smallest absolute Gasteiger partial charge is 0.0339 e. The molecule has 0 fully saturated rings. The van der Waals surface area contributed by atoms with Crippen molar-refractivity contribution in [2.45, 2.75) is 85.5 Å². The maximum absolute atomic E-state index is 2.32. The molecule has 0 unspecified atom stereocenters. The van der Waals surface area contributed by atoms with E-state index in [0.717, 1.165) is 6.42 Å². The van der Waals surface area contributed by atoms with Crippen LogP contribution >= 0.6 is 0 Å². The van der Waals surface area contributed by atoms with Gasteiger partial charge in [-0.05, 0) is 50.6 Å². The third-order valence-corrected chi connectivity index (χ3v) is 6.61. The lowest BCUT2D eigenvalue weighted by Gasteiger charge is -2.24. The van der Waals surface area contributed by atoms with E-state index < -0.39 is 0 Å². The van der Waals surface area contributed by atoms with Crippen molar-refractivity contribution in [3.05, 3.63) is 143 Å². The van der Waals surface area contributed by atoms with Gasteiger partial charge in [-0.25, -0.2) is 0 Å². The summed E-state index contributed by atoms with van der Waals surface area (Å²) < 4.78 is 0. The van der Waals surface area contributed by atoms with Crippen molar-refractivity contribution in [2.75, 3.05) is 0 Å². The highest BCUT2D eigenvalue weighted by atomic mass is 14.2. The largest absolute Gasteiger partial charge is 0.0683 e. The summed E-state index contributed by atoms with van der Waals surface area (Å²) >= 11 is 0. The van der Waals surface area contributed by atoms with Gasteiger partial charge in [0.1, 0.15) is 0 Å². The standard InChI is InChI=1S/C29H36.C6H6.C2H6/c1-8-21-9-11-22(12-10-21)27(23-13-17-25(18-14-23)28(2,3)4)24-15-19-26(20-16-24)29(5,6)7;1-2-4-6-5-3-1;1-2/h9-20,27H,8H2,1-7H3;1-6H;1-2H3. The zero-order chi connectivity index (χ0) is 27.5. The van der Waals surface area contributed by atoms with Gasteiger partial charge in [-0.2, -0.15) is 0 Å². The van der Waals surface area contributed by atoms with Crippen LogP contribution in [0.2, 0.25) is 0 Å². The van der Waals surface area contributed by atoms with Crippen molar-refractivity contribution in [3.8, 4) is 0 Å². The molecule has 4 aromatic carbocycles. The molecular weight excluding hydrogens is 444 g/mol. The van der Waals surface area contributed by atoms with Crippen LogP contribution in [0.1, 0.15) is 102 Å². The molecule has 4 aromatic rings. The van der Waals surface area contributed by atoms with Crippen LogP contribution in [0, 0.1) is 0 Å². The summed E-state index contributed by atoms with van der Waals surface area (Å²) in [6.07, 6.45) is 1.07. The van der Waals surface area contributed by atoms with E-state index >= 15 is 0 Å². The van der Waals surface area contributed by atoms with E-state index in [9.17, 15) is 0 Å². The molecule has 0 spiro atoms. The normalized spacial score (nSPS) is 11.2. The first-order valence-electron chi connectivity index (χ1n) is 13.9. The minimum absolute atomic E-state index is 0.172. The summed E-state index contributed by atoms with van der Waals surface area (Å²) in [7, 11) is 0. The molecule has 0 atom stereocenters. The van der Waals surface area contributed by atoms with Crippen LogP contribution in [-0.2, 0) is 17.3 Å². The zero-order valence-corrected chi connectivity index (χ0v) is 24.7. The number of hydrogen-bond donors (Lipinski definition) is 0. The van der Waals surface area contributed by atoms with Crippen LogP contribution < -0.4 is 0 Å². The van der Waals surface area contributed by atoms with E-state index in [2.05, 4.69) is 121 Å². The molecule has 0 aliphatic heterocycles. The van der Waals surface area contributed by atoms with E-state index in [1.165, 1.54) is 33.4 Å². The van der Waals surface area contributed by atoms with Crippen molar-refractivity contribution in [2.24, 2.45) is 0 Å². The molecule has 0 aliphatic carbocycles. The molecule has 0 saturated carbocycles. The molecule has 0 aromatic heterocycles. The predicted molar refractivity (Wildman–Crippen MR) is 165 cm³/mol. The van der Waals surface area contributed by atoms with Crippen LogP contribution in [-0.4, -0.2) is 0 Å². The molecule has 0 aliphatic rings. The van der Waals surface area contributed by atoms with Gasteiger partial charge in [0.2, 0.25) is 0 Å². The van der Waals surface area contributed by atoms with Gasteiger partial charge < -0.3 is 0 Å². The maximum Gasteiger partial charge on any atom is 0.0339 e. The molecule has 0 saturated heterocycles. The van der Waals surface area contributed by atoms with Gasteiger partial charge in [0, 0.05) is 5.92 Å². The van der Waals surface area contributed by atoms with Crippen molar-refractivity contribution in [1.82, 2.24) is 0 Å². The van der Waals surface area contributed by atoms with E-state index in [0.29, 0.717) is 0 Å². The first-order chi connectivity index (χ1) is 17.6. The van der Waals surface area contributed by atoms with Gasteiger partial charge >= 0.3 is 0 Å². The van der Waals surface area contributed by atoms with Crippen LogP contribution in [0.3, 0.4) is 0 Å². The fourth-order valence-corrected chi connectivity index (χ4v) is 4.26. The monoisotopic (exact) mass is 492 g/mol. The first kappa shape index (κ1) is 30.1. The topological polar surface area (TPSA) is 0 Å². The lowest BCUT2D eigenvalue weighted by atomic mass is 9.80. The highest BCUT2D eigenvalue weighted by Gasteiger charge is 2.20. The lowest BCUT2D eigenvalue weighted by molar-refractivity contribution is 0.589. The minimum atomic E-state index is 0.172. The fraction of sp³-hybridized carbons (Fsp3) is 0.351. The summed E-state index contributed by atoms with van der Waals surface area (Å²) in [6, 6.07) is 39.6. The average Bonchev–Trinajstić information content (AvgIpc) is 2.91. The van der Waals surface area contributed by atoms with E-state index in [1.54, 1.807) is 0 Å². The predicted octanol–water partition coefficient (Wildman–Crippen LogP) is 10.7. The van der Waals surface area contributed by atoms with Crippen molar-refractivity contribution in [1.29, 1.82) is 0 Å².